The van der Waals surface area contributed by atoms with Gasteiger partial charge in [-0.2, -0.15) is 0 Å². The molecule has 2 atom stereocenters. The summed E-state index contributed by atoms with van der Waals surface area (Å²) in [5, 5.41) is 11.8. The molecule has 0 spiro atoms. The van der Waals surface area contributed by atoms with Crippen LogP contribution in [0.1, 0.15) is 17.7 Å². The number of amides is 1. The van der Waals surface area contributed by atoms with Crippen molar-refractivity contribution in [2.75, 3.05) is 27.2 Å². The van der Waals surface area contributed by atoms with Crippen LogP contribution in [-0.4, -0.2) is 60.1 Å². The van der Waals surface area contributed by atoms with E-state index in [1.54, 1.807) is 11.3 Å². The molecule has 0 radical (unpaired) electrons. The predicted molar refractivity (Wildman–Crippen MR) is 77.3 cm³/mol. The van der Waals surface area contributed by atoms with E-state index in [1.165, 1.54) is 4.88 Å². The van der Waals surface area contributed by atoms with Crippen molar-refractivity contribution in [1.82, 2.24) is 9.80 Å². The van der Waals surface area contributed by atoms with Gasteiger partial charge in [-0.05, 0) is 38.4 Å². The number of likely N-dealkylation sites (N-methyl/N-ethyl adjacent to an activating group) is 1. The molecular formula is C14H22N2O2S. The molecule has 4 nitrogen and oxygen atoms in total. The van der Waals surface area contributed by atoms with Gasteiger partial charge in [0.25, 0.3) is 0 Å². The van der Waals surface area contributed by atoms with Gasteiger partial charge in [0, 0.05) is 30.4 Å². The fourth-order valence-electron chi connectivity index (χ4n) is 2.62. The number of nitrogens with zero attached hydrogens (tertiary/aromatic N) is 2. The summed E-state index contributed by atoms with van der Waals surface area (Å²) in [6, 6.07) is 4.23. The van der Waals surface area contributed by atoms with Crippen LogP contribution in [0.2, 0.25) is 0 Å². The maximum atomic E-state index is 12.3. The first-order valence-corrected chi connectivity index (χ1v) is 7.59. The second-order valence-electron chi connectivity index (χ2n) is 5.43. The number of thiophene rings is 1. The van der Waals surface area contributed by atoms with E-state index in [4.69, 9.17) is 0 Å². The highest BCUT2D eigenvalue weighted by Crippen LogP contribution is 2.20. The number of aliphatic hydroxyl groups excluding tert-OH is 1. The molecule has 19 heavy (non-hydrogen) atoms. The highest BCUT2D eigenvalue weighted by Gasteiger charge is 2.33. The molecule has 0 aliphatic carbocycles. The van der Waals surface area contributed by atoms with E-state index in [0.717, 1.165) is 13.0 Å². The zero-order valence-corrected chi connectivity index (χ0v) is 12.4. The second kappa shape index (κ2) is 6.50. The molecule has 5 heteroatoms. The minimum Gasteiger partial charge on any atom is -0.391 e. The van der Waals surface area contributed by atoms with Gasteiger partial charge in [-0.3, -0.25) is 4.79 Å². The molecule has 1 aliphatic rings. The van der Waals surface area contributed by atoms with Crippen LogP contribution >= 0.6 is 11.3 Å². The van der Waals surface area contributed by atoms with Crippen molar-refractivity contribution in [2.24, 2.45) is 0 Å². The van der Waals surface area contributed by atoms with Gasteiger partial charge in [0.05, 0.1) is 6.10 Å². The molecule has 0 bridgehead atoms. The molecule has 106 valence electrons. The van der Waals surface area contributed by atoms with Crippen molar-refractivity contribution in [3.63, 3.8) is 0 Å². The van der Waals surface area contributed by atoms with Gasteiger partial charge in [0.15, 0.2) is 0 Å². The Balaban J connectivity index is 1.89. The highest BCUT2D eigenvalue weighted by atomic mass is 32.1. The summed E-state index contributed by atoms with van der Waals surface area (Å²) >= 11 is 1.69. The van der Waals surface area contributed by atoms with Crippen molar-refractivity contribution in [2.45, 2.75) is 31.4 Å². The standard InChI is InChI=1S/C14H22N2O2S/c1-15(2)9-11-8-12(17)10-16(11)14(18)6-5-13-4-3-7-19-13/h3-4,7,11-12,17H,5-6,8-10H2,1-2H3. The van der Waals surface area contributed by atoms with Crippen LogP contribution in [0, 0.1) is 0 Å². The lowest BCUT2D eigenvalue weighted by atomic mass is 10.2. The maximum Gasteiger partial charge on any atom is 0.223 e. The zero-order valence-electron chi connectivity index (χ0n) is 11.6. The number of β-amino-alcohol motifs (C(OH)–C–C–N with tert-alkyl or cyclic N) is 1. The number of likely N-dealkylation sites (tertiary alicyclic amines) is 1. The van der Waals surface area contributed by atoms with E-state index < -0.39 is 0 Å². The predicted octanol–water partition coefficient (Wildman–Crippen LogP) is 1.20. The Morgan fingerprint density at radius 1 is 1.58 bits per heavy atom. The zero-order chi connectivity index (χ0) is 13.8. The van der Waals surface area contributed by atoms with E-state index in [1.807, 2.05) is 30.4 Å². The van der Waals surface area contributed by atoms with E-state index in [-0.39, 0.29) is 18.1 Å². The van der Waals surface area contributed by atoms with Crippen LogP contribution in [0.5, 0.6) is 0 Å². The van der Waals surface area contributed by atoms with Gasteiger partial charge < -0.3 is 14.9 Å². The van der Waals surface area contributed by atoms with Gasteiger partial charge in [-0.25, -0.2) is 0 Å². The van der Waals surface area contributed by atoms with E-state index in [9.17, 15) is 9.90 Å². The first-order chi connectivity index (χ1) is 9.06. The van der Waals surface area contributed by atoms with Crippen molar-refractivity contribution in [1.29, 1.82) is 0 Å². The largest absolute Gasteiger partial charge is 0.391 e. The van der Waals surface area contributed by atoms with Crippen LogP contribution in [0.3, 0.4) is 0 Å². The first-order valence-electron chi connectivity index (χ1n) is 6.71. The van der Waals surface area contributed by atoms with E-state index in [0.29, 0.717) is 19.4 Å². The fraction of sp³-hybridized carbons (Fsp3) is 0.643. The second-order valence-corrected chi connectivity index (χ2v) is 6.46. The third-order valence-electron chi connectivity index (χ3n) is 3.45. The van der Waals surface area contributed by atoms with Crippen LogP contribution in [0.4, 0.5) is 0 Å². The number of aliphatic hydroxyl groups is 1. The van der Waals surface area contributed by atoms with Crippen LogP contribution in [-0.2, 0) is 11.2 Å². The lowest BCUT2D eigenvalue weighted by molar-refractivity contribution is -0.132. The average Bonchev–Trinajstić information content (AvgIpc) is 2.95. The van der Waals surface area contributed by atoms with Gasteiger partial charge in [0.1, 0.15) is 0 Å². The number of carbonyl (C=O) groups excluding carboxylic acids is 1. The topological polar surface area (TPSA) is 43.8 Å². The maximum absolute atomic E-state index is 12.3. The summed E-state index contributed by atoms with van der Waals surface area (Å²) in [6.45, 7) is 1.31. The molecule has 2 unspecified atom stereocenters. The summed E-state index contributed by atoms with van der Waals surface area (Å²) in [7, 11) is 4.00. The van der Waals surface area contributed by atoms with Gasteiger partial charge in [0.2, 0.25) is 5.91 Å². The number of hydrogen-bond acceptors (Lipinski definition) is 4. The number of aryl methyl sites for hydroxylation is 1. The van der Waals surface area contributed by atoms with E-state index >= 15 is 0 Å². The molecule has 1 amide bonds. The van der Waals surface area contributed by atoms with Crippen molar-refractivity contribution < 1.29 is 9.90 Å². The Hall–Kier alpha value is -0.910. The van der Waals surface area contributed by atoms with E-state index in [2.05, 4.69) is 11.0 Å². The van der Waals surface area contributed by atoms with Crippen molar-refractivity contribution in [3.8, 4) is 0 Å². The summed E-state index contributed by atoms with van der Waals surface area (Å²) < 4.78 is 0. The molecule has 1 aromatic heterocycles. The summed E-state index contributed by atoms with van der Waals surface area (Å²) in [5.41, 5.74) is 0. The minimum absolute atomic E-state index is 0.154. The van der Waals surface area contributed by atoms with Crippen LogP contribution < -0.4 is 0 Å². The van der Waals surface area contributed by atoms with Gasteiger partial charge >= 0.3 is 0 Å². The molecule has 2 rings (SSSR count). The molecular weight excluding hydrogens is 260 g/mol. The highest BCUT2D eigenvalue weighted by molar-refractivity contribution is 7.09. The SMILES string of the molecule is CN(C)CC1CC(O)CN1C(=O)CCc1cccs1. The normalized spacial score (nSPS) is 23.3. The van der Waals surface area contributed by atoms with Crippen LogP contribution in [0.15, 0.2) is 17.5 Å². The lowest BCUT2D eigenvalue weighted by Gasteiger charge is -2.26. The molecule has 1 aliphatic heterocycles. The number of carbonyl (C=O) groups is 1. The van der Waals surface area contributed by atoms with Crippen molar-refractivity contribution in [3.05, 3.63) is 22.4 Å². The van der Waals surface area contributed by atoms with Gasteiger partial charge in [-0.15, -0.1) is 11.3 Å². The molecule has 1 saturated heterocycles. The Kier molecular flexibility index (Phi) is 4.96. The number of rotatable bonds is 5. The number of hydrogen-bond donors (Lipinski definition) is 1. The molecule has 0 aromatic carbocycles. The quantitative estimate of drug-likeness (QED) is 0.882. The Bertz CT molecular complexity index is 406. The summed E-state index contributed by atoms with van der Waals surface area (Å²) in [5.74, 6) is 0.164. The average molecular weight is 282 g/mol. The van der Waals surface area contributed by atoms with Crippen LogP contribution in [0.25, 0.3) is 0 Å². The Morgan fingerprint density at radius 2 is 2.37 bits per heavy atom. The molecule has 1 fully saturated rings. The lowest BCUT2D eigenvalue weighted by Crippen LogP contribution is -2.41. The molecule has 2 heterocycles. The first kappa shape index (κ1) is 14.5. The van der Waals surface area contributed by atoms with Gasteiger partial charge in [-0.1, -0.05) is 6.07 Å². The Labute approximate surface area is 118 Å². The molecule has 1 aromatic rings. The minimum atomic E-state index is -0.365. The third kappa shape index (κ3) is 4.03. The Morgan fingerprint density at radius 3 is 3.00 bits per heavy atom. The monoisotopic (exact) mass is 282 g/mol. The molecule has 1 N–H and O–H groups in total. The summed E-state index contributed by atoms with van der Waals surface area (Å²) in [6.07, 6.45) is 1.67. The van der Waals surface area contributed by atoms with Crippen molar-refractivity contribution >= 4 is 17.2 Å². The smallest absolute Gasteiger partial charge is 0.223 e. The third-order valence-corrected chi connectivity index (χ3v) is 4.39. The summed E-state index contributed by atoms with van der Waals surface area (Å²) in [4.78, 5) is 17.5. The fourth-order valence-corrected chi connectivity index (χ4v) is 3.33. The molecule has 0 saturated carbocycles.